The van der Waals surface area contributed by atoms with E-state index in [-0.39, 0.29) is 0 Å². The first-order valence-corrected chi connectivity index (χ1v) is 2.84. The number of nitrogens with two attached hydrogens (primary N) is 1. The van der Waals surface area contributed by atoms with Crippen molar-refractivity contribution in [2.75, 3.05) is 7.05 Å². The van der Waals surface area contributed by atoms with Crippen molar-refractivity contribution in [2.45, 2.75) is 0 Å². The molecule has 0 saturated heterocycles. The fourth-order valence-electron chi connectivity index (χ4n) is 0.710. The highest BCUT2D eigenvalue weighted by atomic mass is 15.1. The Hall–Kier alpha value is -1.18. The molecule has 2 nitrogen and oxygen atoms in total. The molecule has 0 amide bonds. The molecule has 9 heavy (non-hydrogen) atoms. The van der Waals surface area contributed by atoms with Crippen LogP contribution in [0.2, 0.25) is 0 Å². The van der Waals surface area contributed by atoms with Gasteiger partial charge in [0.05, 0.1) is 5.70 Å². The summed E-state index contributed by atoms with van der Waals surface area (Å²) in [5, 5.41) is 0. The number of rotatable bonds is 0. The Morgan fingerprint density at radius 2 is 2.33 bits per heavy atom. The van der Waals surface area contributed by atoms with Crippen molar-refractivity contribution in [1.29, 1.82) is 0 Å². The lowest BCUT2D eigenvalue weighted by molar-refractivity contribution is 0.582. The van der Waals surface area contributed by atoms with Crippen LogP contribution in [0.25, 0.3) is 0 Å². The zero-order valence-electron chi connectivity index (χ0n) is 5.41. The molecule has 0 aromatic heterocycles. The number of likely N-dealkylation sites (N-methyl/N-ethyl adjacent to an activating group) is 1. The lowest BCUT2D eigenvalue weighted by atomic mass is 10.3. The summed E-state index contributed by atoms with van der Waals surface area (Å²) in [5.74, 6) is 0. The highest BCUT2D eigenvalue weighted by Gasteiger charge is 1.96. The SMILES string of the molecule is CN1C=CC=CC1=CN. The number of allylic oxidation sites excluding steroid dienone is 3. The van der Waals surface area contributed by atoms with Crippen LogP contribution < -0.4 is 5.73 Å². The van der Waals surface area contributed by atoms with Crippen molar-refractivity contribution in [1.82, 2.24) is 4.90 Å². The van der Waals surface area contributed by atoms with E-state index in [1.165, 1.54) is 0 Å². The molecule has 0 bridgehead atoms. The fraction of sp³-hybridized carbons (Fsp3) is 0.143. The predicted octanol–water partition coefficient (Wildman–Crippen LogP) is 0.802. The van der Waals surface area contributed by atoms with E-state index in [0.717, 1.165) is 5.70 Å². The van der Waals surface area contributed by atoms with Crippen LogP contribution >= 0.6 is 0 Å². The maximum atomic E-state index is 5.30. The van der Waals surface area contributed by atoms with E-state index < -0.39 is 0 Å². The largest absolute Gasteiger partial charge is 0.403 e. The van der Waals surface area contributed by atoms with E-state index in [1.807, 2.05) is 36.4 Å². The van der Waals surface area contributed by atoms with Gasteiger partial charge in [-0.05, 0) is 12.2 Å². The number of hydrogen-bond acceptors (Lipinski definition) is 2. The maximum absolute atomic E-state index is 5.30. The van der Waals surface area contributed by atoms with E-state index in [4.69, 9.17) is 5.73 Å². The summed E-state index contributed by atoms with van der Waals surface area (Å²) in [6, 6.07) is 0. The molecule has 1 heterocycles. The molecule has 1 rings (SSSR count). The molecule has 2 heteroatoms. The number of nitrogens with zero attached hydrogens (tertiary/aromatic N) is 1. The lowest BCUT2D eigenvalue weighted by Crippen LogP contribution is -2.11. The maximum Gasteiger partial charge on any atom is 0.0560 e. The third-order valence-corrected chi connectivity index (χ3v) is 1.27. The molecule has 2 N–H and O–H groups in total. The first kappa shape index (κ1) is 5.95. The highest BCUT2D eigenvalue weighted by Crippen LogP contribution is 2.06. The van der Waals surface area contributed by atoms with Gasteiger partial charge in [-0.3, -0.25) is 0 Å². The Kier molecular flexibility index (Phi) is 1.58. The van der Waals surface area contributed by atoms with Crippen molar-refractivity contribution in [3.63, 3.8) is 0 Å². The minimum absolute atomic E-state index is 1.03. The molecule has 0 atom stereocenters. The second kappa shape index (κ2) is 2.40. The summed E-state index contributed by atoms with van der Waals surface area (Å²) in [5.41, 5.74) is 6.33. The predicted molar refractivity (Wildman–Crippen MR) is 38.3 cm³/mol. The van der Waals surface area contributed by atoms with E-state index in [1.54, 1.807) is 6.20 Å². The molecular weight excluding hydrogens is 112 g/mol. The Balaban J connectivity index is 2.78. The van der Waals surface area contributed by atoms with Crippen molar-refractivity contribution in [3.8, 4) is 0 Å². The summed E-state index contributed by atoms with van der Waals surface area (Å²) < 4.78 is 0. The van der Waals surface area contributed by atoms with Gasteiger partial charge in [0.25, 0.3) is 0 Å². The summed E-state index contributed by atoms with van der Waals surface area (Å²) in [7, 11) is 1.96. The molecule has 0 fully saturated rings. The normalized spacial score (nSPS) is 21.4. The quantitative estimate of drug-likeness (QED) is 0.515. The summed E-state index contributed by atoms with van der Waals surface area (Å²) in [4.78, 5) is 1.96. The molecule has 0 aromatic rings. The van der Waals surface area contributed by atoms with E-state index in [0.29, 0.717) is 0 Å². The molecule has 48 valence electrons. The van der Waals surface area contributed by atoms with Crippen LogP contribution in [0.4, 0.5) is 0 Å². The van der Waals surface area contributed by atoms with Crippen LogP contribution in [0.15, 0.2) is 36.3 Å². The van der Waals surface area contributed by atoms with E-state index in [2.05, 4.69) is 0 Å². The fourth-order valence-corrected chi connectivity index (χ4v) is 0.710. The van der Waals surface area contributed by atoms with E-state index in [9.17, 15) is 0 Å². The summed E-state index contributed by atoms with van der Waals surface area (Å²) in [6.45, 7) is 0. The Morgan fingerprint density at radius 1 is 1.56 bits per heavy atom. The first-order valence-electron chi connectivity index (χ1n) is 2.84. The molecular formula is C7H10N2. The third-order valence-electron chi connectivity index (χ3n) is 1.27. The van der Waals surface area contributed by atoms with Crippen molar-refractivity contribution in [3.05, 3.63) is 36.3 Å². The van der Waals surface area contributed by atoms with Crippen LogP contribution in [0.1, 0.15) is 0 Å². The zero-order chi connectivity index (χ0) is 6.69. The molecule has 0 aromatic carbocycles. The third kappa shape index (κ3) is 1.13. The molecule has 1 aliphatic rings. The Labute approximate surface area is 55.0 Å². The van der Waals surface area contributed by atoms with Crippen molar-refractivity contribution < 1.29 is 0 Å². The van der Waals surface area contributed by atoms with Gasteiger partial charge in [-0.2, -0.15) is 0 Å². The molecule has 0 aliphatic carbocycles. The topological polar surface area (TPSA) is 29.3 Å². The molecule has 0 unspecified atom stereocenters. The average molecular weight is 122 g/mol. The molecule has 0 spiro atoms. The van der Waals surface area contributed by atoms with Crippen molar-refractivity contribution >= 4 is 0 Å². The standard InChI is InChI=1S/C7H10N2/c1-9-5-3-2-4-7(9)6-8/h2-6H,8H2,1H3. The zero-order valence-corrected chi connectivity index (χ0v) is 5.41. The van der Waals surface area contributed by atoms with Gasteiger partial charge in [-0.1, -0.05) is 6.08 Å². The Bertz CT molecular complexity index is 177. The molecule has 0 radical (unpaired) electrons. The first-order chi connectivity index (χ1) is 4.34. The molecule has 1 aliphatic heterocycles. The monoisotopic (exact) mass is 122 g/mol. The second-order valence-electron chi connectivity index (χ2n) is 1.90. The second-order valence-corrected chi connectivity index (χ2v) is 1.90. The minimum Gasteiger partial charge on any atom is -0.403 e. The number of hydrogen-bond donors (Lipinski definition) is 1. The van der Waals surface area contributed by atoms with Crippen LogP contribution in [0, 0.1) is 0 Å². The lowest BCUT2D eigenvalue weighted by Gasteiger charge is -2.16. The summed E-state index contributed by atoms with van der Waals surface area (Å²) >= 11 is 0. The summed E-state index contributed by atoms with van der Waals surface area (Å²) in [6.07, 6.45) is 9.42. The van der Waals surface area contributed by atoms with Crippen LogP contribution in [-0.4, -0.2) is 11.9 Å². The van der Waals surface area contributed by atoms with Crippen molar-refractivity contribution in [2.24, 2.45) is 5.73 Å². The van der Waals surface area contributed by atoms with Crippen LogP contribution in [-0.2, 0) is 0 Å². The average Bonchev–Trinajstić information content (AvgIpc) is 1.89. The van der Waals surface area contributed by atoms with Gasteiger partial charge in [0.1, 0.15) is 0 Å². The van der Waals surface area contributed by atoms with Gasteiger partial charge < -0.3 is 10.6 Å². The van der Waals surface area contributed by atoms with Gasteiger partial charge in [-0.25, -0.2) is 0 Å². The molecule has 0 saturated carbocycles. The highest BCUT2D eigenvalue weighted by molar-refractivity contribution is 5.26. The van der Waals surface area contributed by atoms with Crippen LogP contribution in [0.3, 0.4) is 0 Å². The smallest absolute Gasteiger partial charge is 0.0560 e. The van der Waals surface area contributed by atoms with Gasteiger partial charge in [0.2, 0.25) is 0 Å². The van der Waals surface area contributed by atoms with Crippen LogP contribution in [0.5, 0.6) is 0 Å². The Morgan fingerprint density at radius 3 is 2.78 bits per heavy atom. The van der Waals surface area contributed by atoms with Gasteiger partial charge in [0.15, 0.2) is 0 Å². The van der Waals surface area contributed by atoms with Gasteiger partial charge >= 0.3 is 0 Å². The van der Waals surface area contributed by atoms with Gasteiger partial charge in [-0.15, -0.1) is 0 Å². The van der Waals surface area contributed by atoms with E-state index >= 15 is 0 Å². The minimum atomic E-state index is 1.03. The van der Waals surface area contributed by atoms with Gasteiger partial charge in [0, 0.05) is 19.4 Å².